The average Bonchev–Trinajstić information content (AvgIpc) is 2.86. The maximum absolute atomic E-state index is 13.5. The van der Waals surface area contributed by atoms with Gasteiger partial charge in [-0.25, -0.2) is 0 Å². The molecule has 1 aliphatic rings. The lowest BCUT2D eigenvalue weighted by molar-refractivity contribution is -0.135. The molecule has 1 amide bonds. The Morgan fingerprint density at radius 3 is 1.97 bits per heavy atom. The molecule has 0 unspecified atom stereocenters. The van der Waals surface area contributed by atoms with Gasteiger partial charge in [0.15, 0.2) is 0 Å². The lowest BCUT2D eigenvalue weighted by atomic mass is 9.88. The van der Waals surface area contributed by atoms with Crippen LogP contribution >= 0.6 is 0 Å². The predicted molar refractivity (Wildman–Crippen MR) is 129 cm³/mol. The number of amides is 1. The molecule has 0 radical (unpaired) electrons. The Kier molecular flexibility index (Phi) is 4.39. The van der Waals surface area contributed by atoms with Gasteiger partial charge in [-0.15, -0.1) is 0 Å². The summed E-state index contributed by atoms with van der Waals surface area (Å²) < 4.78 is 6.19. The highest BCUT2D eigenvalue weighted by Gasteiger charge is 2.51. The molecule has 32 heavy (non-hydrogen) atoms. The van der Waals surface area contributed by atoms with Crippen LogP contribution in [0.5, 0.6) is 5.75 Å². The van der Waals surface area contributed by atoms with E-state index in [0.29, 0.717) is 5.75 Å². The highest BCUT2D eigenvalue weighted by Crippen LogP contribution is 2.45. The van der Waals surface area contributed by atoms with E-state index in [1.54, 1.807) is 0 Å². The molecule has 3 heteroatoms. The Labute approximate surface area is 186 Å². The van der Waals surface area contributed by atoms with Crippen LogP contribution in [0.25, 0.3) is 21.5 Å². The van der Waals surface area contributed by atoms with Gasteiger partial charge in [0.05, 0.1) is 5.69 Å². The van der Waals surface area contributed by atoms with E-state index in [1.165, 1.54) is 5.39 Å². The van der Waals surface area contributed by atoms with Gasteiger partial charge < -0.3 is 4.74 Å². The first kappa shape index (κ1) is 18.6. The van der Waals surface area contributed by atoms with E-state index in [4.69, 9.17) is 4.74 Å². The fourth-order valence-corrected chi connectivity index (χ4v) is 4.70. The number of fused-ring (bicyclic) bond motifs is 3. The third-order valence-corrected chi connectivity index (χ3v) is 6.20. The minimum atomic E-state index is -0.565. The van der Waals surface area contributed by atoms with Crippen LogP contribution in [0, 0.1) is 0 Å². The zero-order chi connectivity index (χ0) is 21.5. The second kappa shape index (κ2) is 7.54. The number of hydrogen-bond acceptors (Lipinski definition) is 2. The summed E-state index contributed by atoms with van der Waals surface area (Å²) in [6.07, 6.45) is -0.565. The second-order valence-electron chi connectivity index (χ2n) is 8.08. The minimum Gasteiger partial charge on any atom is -0.478 e. The van der Waals surface area contributed by atoms with Crippen LogP contribution in [0.15, 0.2) is 115 Å². The quantitative estimate of drug-likeness (QED) is 0.247. The summed E-state index contributed by atoms with van der Waals surface area (Å²) in [5.74, 6) is 0.679. The highest BCUT2D eigenvalue weighted by molar-refractivity contribution is 6.18. The van der Waals surface area contributed by atoms with Gasteiger partial charge in [0.25, 0.3) is 5.91 Å². The summed E-state index contributed by atoms with van der Waals surface area (Å²) >= 11 is 0. The molecule has 5 aromatic rings. The third-order valence-electron chi connectivity index (χ3n) is 6.20. The molecule has 2 atom stereocenters. The molecular weight excluding hydrogens is 394 g/mol. The molecule has 1 fully saturated rings. The Morgan fingerprint density at radius 1 is 0.625 bits per heavy atom. The molecule has 0 aromatic heterocycles. The van der Waals surface area contributed by atoms with Crippen molar-refractivity contribution in [3.63, 3.8) is 0 Å². The molecule has 3 nitrogen and oxygen atoms in total. The molecule has 0 aliphatic carbocycles. The molecule has 1 heterocycles. The molecule has 1 aliphatic heterocycles. The molecule has 6 rings (SSSR count). The first-order valence-electron chi connectivity index (χ1n) is 10.8. The number of carbonyl (C=O) groups excluding carboxylic acids is 1. The van der Waals surface area contributed by atoms with Gasteiger partial charge in [-0.1, -0.05) is 97.1 Å². The summed E-state index contributed by atoms with van der Waals surface area (Å²) in [4.78, 5) is 15.4. The molecule has 154 valence electrons. The van der Waals surface area contributed by atoms with Gasteiger partial charge in [0.1, 0.15) is 11.8 Å². The van der Waals surface area contributed by atoms with Gasteiger partial charge in [-0.2, -0.15) is 0 Å². The molecule has 0 N–H and O–H groups in total. The normalized spacial score (nSPS) is 18.0. The van der Waals surface area contributed by atoms with Crippen LogP contribution in [0.2, 0.25) is 0 Å². The fourth-order valence-electron chi connectivity index (χ4n) is 4.70. The van der Waals surface area contributed by atoms with Crippen LogP contribution < -0.4 is 9.64 Å². The van der Waals surface area contributed by atoms with Crippen LogP contribution in [-0.4, -0.2) is 12.0 Å². The number of nitrogens with zero attached hydrogens (tertiary/aromatic N) is 1. The van der Waals surface area contributed by atoms with Gasteiger partial charge in [0.2, 0.25) is 6.10 Å². The second-order valence-corrected chi connectivity index (χ2v) is 8.08. The Bertz CT molecular complexity index is 1430. The van der Waals surface area contributed by atoms with Crippen LogP contribution in [0.4, 0.5) is 5.69 Å². The number of β-lactam (4-membered cyclic amide) rings is 1. The molecule has 1 saturated heterocycles. The van der Waals surface area contributed by atoms with Gasteiger partial charge in [-0.05, 0) is 39.9 Å². The van der Waals surface area contributed by atoms with E-state index in [2.05, 4.69) is 48.5 Å². The van der Waals surface area contributed by atoms with Crippen molar-refractivity contribution in [3.05, 3.63) is 121 Å². The number of benzene rings is 5. The Balaban J connectivity index is 1.51. The number of hydrogen-bond donors (Lipinski definition) is 0. The first-order chi connectivity index (χ1) is 15.8. The summed E-state index contributed by atoms with van der Waals surface area (Å²) in [6.45, 7) is 0. The van der Waals surface area contributed by atoms with Gasteiger partial charge in [-0.3, -0.25) is 9.69 Å². The van der Waals surface area contributed by atoms with E-state index in [9.17, 15) is 4.79 Å². The highest BCUT2D eigenvalue weighted by atomic mass is 16.5. The Hall–Kier alpha value is -4.11. The monoisotopic (exact) mass is 415 g/mol. The lowest BCUT2D eigenvalue weighted by Crippen LogP contribution is -2.61. The smallest absolute Gasteiger partial charge is 0.271 e. The molecule has 5 aromatic carbocycles. The maximum atomic E-state index is 13.5. The maximum Gasteiger partial charge on any atom is 0.271 e. The van der Waals surface area contributed by atoms with Crippen molar-refractivity contribution in [2.75, 3.05) is 4.90 Å². The number of rotatable bonds is 4. The van der Waals surface area contributed by atoms with Crippen molar-refractivity contribution in [1.29, 1.82) is 0 Å². The molecule has 0 bridgehead atoms. The molecular formula is C29H21NO2. The topological polar surface area (TPSA) is 29.5 Å². The minimum absolute atomic E-state index is 0.0249. The van der Waals surface area contributed by atoms with Crippen molar-refractivity contribution in [1.82, 2.24) is 0 Å². The standard InChI is InChI=1S/C29H21NO2/c31-29-28(32-22-14-5-2-6-15-22)27(20-11-3-1-4-12-20)30(29)26-19-21-13-7-8-16-23(21)24-17-9-10-18-25(24)26/h1-19,27-28H/t27-,28-/m0/s1. The summed E-state index contributed by atoms with van der Waals surface area (Å²) in [7, 11) is 0. The van der Waals surface area contributed by atoms with Crippen molar-refractivity contribution in [2.45, 2.75) is 12.1 Å². The van der Waals surface area contributed by atoms with E-state index in [-0.39, 0.29) is 11.9 Å². The third kappa shape index (κ3) is 2.94. The van der Waals surface area contributed by atoms with Gasteiger partial charge in [0, 0.05) is 5.39 Å². The van der Waals surface area contributed by atoms with Crippen molar-refractivity contribution < 1.29 is 9.53 Å². The number of ether oxygens (including phenoxy) is 1. The summed E-state index contributed by atoms with van der Waals surface area (Å²) in [5.41, 5.74) is 1.98. The Morgan fingerprint density at radius 2 is 1.22 bits per heavy atom. The van der Waals surface area contributed by atoms with Crippen molar-refractivity contribution >= 4 is 33.1 Å². The van der Waals surface area contributed by atoms with Crippen LogP contribution in [0.3, 0.4) is 0 Å². The van der Waals surface area contributed by atoms with E-state index < -0.39 is 6.10 Å². The van der Waals surface area contributed by atoms with E-state index >= 15 is 0 Å². The van der Waals surface area contributed by atoms with E-state index in [1.807, 2.05) is 71.6 Å². The summed E-state index contributed by atoms with van der Waals surface area (Å²) in [6, 6.07) is 38.3. The summed E-state index contributed by atoms with van der Waals surface area (Å²) in [5, 5.41) is 4.52. The largest absolute Gasteiger partial charge is 0.478 e. The predicted octanol–water partition coefficient (Wildman–Crippen LogP) is 6.53. The van der Waals surface area contributed by atoms with Crippen LogP contribution in [0.1, 0.15) is 11.6 Å². The zero-order valence-corrected chi connectivity index (χ0v) is 17.4. The average molecular weight is 415 g/mol. The number of para-hydroxylation sites is 1. The number of carbonyl (C=O) groups is 1. The first-order valence-corrected chi connectivity index (χ1v) is 10.8. The SMILES string of the molecule is O=C1[C@@H](Oc2ccccc2)[C@H](c2ccccc2)N1c1cc2ccccc2c2ccccc12. The number of anilines is 1. The zero-order valence-electron chi connectivity index (χ0n) is 17.4. The van der Waals surface area contributed by atoms with Crippen LogP contribution in [-0.2, 0) is 4.79 Å². The van der Waals surface area contributed by atoms with Crippen molar-refractivity contribution in [2.24, 2.45) is 0 Å². The molecule has 0 spiro atoms. The van der Waals surface area contributed by atoms with Gasteiger partial charge >= 0.3 is 0 Å². The van der Waals surface area contributed by atoms with Crippen molar-refractivity contribution in [3.8, 4) is 5.75 Å². The molecule has 0 saturated carbocycles. The fraction of sp³-hybridized carbons (Fsp3) is 0.0690. The van der Waals surface area contributed by atoms with E-state index in [0.717, 1.165) is 27.4 Å². The lowest BCUT2D eigenvalue weighted by Gasteiger charge is -2.47.